The quantitative estimate of drug-likeness (QED) is 0.795. The van der Waals surface area contributed by atoms with E-state index in [1.807, 2.05) is 0 Å². The van der Waals surface area contributed by atoms with E-state index in [4.69, 9.17) is 0 Å². The molecule has 0 aliphatic rings. The lowest BCUT2D eigenvalue weighted by Crippen LogP contribution is -2.32. The largest absolute Gasteiger partial charge is 0.465 e. The topological polar surface area (TPSA) is 26.3 Å². The molecule has 0 unspecified atom stereocenters. The van der Waals surface area contributed by atoms with Gasteiger partial charge in [-0.1, -0.05) is 28.1 Å². The van der Waals surface area contributed by atoms with E-state index in [9.17, 15) is 13.6 Å². The molecule has 0 bridgehead atoms. The predicted molar refractivity (Wildman–Crippen MR) is 54.8 cm³/mol. The third kappa shape index (κ3) is 3.27. The fraction of sp³-hybridized carbons (Fsp3) is 0.300. The summed E-state index contributed by atoms with van der Waals surface area (Å²) < 4.78 is 31.0. The van der Waals surface area contributed by atoms with Crippen molar-refractivity contribution in [2.45, 2.75) is 12.3 Å². The standard InChI is InChI=1S/C10H9BrF2O2/c1-15-9(14)10(12,13)6-7-3-2-4-8(11)5-7/h2-5H,6H2,1H3. The molecule has 0 spiro atoms. The molecule has 0 saturated carbocycles. The molecule has 15 heavy (non-hydrogen) atoms. The maximum absolute atomic E-state index is 13.1. The lowest BCUT2D eigenvalue weighted by molar-refractivity contribution is -0.168. The Kier molecular flexibility index (Phi) is 3.79. The van der Waals surface area contributed by atoms with E-state index in [1.165, 1.54) is 12.1 Å². The first-order valence-corrected chi connectivity index (χ1v) is 4.95. The van der Waals surface area contributed by atoms with Crippen molar-refractivity contribution in [3.8, 4) is 0 Å². The zero-order valence-electron chi connectivity index (χ0n) is 7.97. The van der Waals surface area contributed by atoms with Crippen molar-refractivity contribution >= 4 is 21.9 Å². The predicted octanol–water partition coefficient (Wildman–Crippen LogP) is 2.80. The van der Waals surface area contributed by atoms with Gasteiger partial charge in [0, 0.05) is 10.9 Å². The van der Waals surface area contributed by atoms with Gasteiger partial charge in [0.15, 0.2) is 0 Å². The van der Waals surface area contributed by atoms with Crippen LogP contribution in [0.4, 0.5) is 8.78 Å². The van der Waals surface area contributed by atoms with Crippen LogP contribution in [0.5, 0.6) is 0 Å². The molecule has 0 fully saturated rings. The summed E-state index contributed by atoms with van der Waals surface area (Å²) in [4.78, 5) is 10.7. The second-order valence-electron chi connectivity index (χ2n) is 3.00. The molecule has 2 nitrogen and oxygen atoms in total. The van der Waals surface area contributed by atoms with Gasteiger partial charge in [-0.15, -0.1) is 0 Å². The summed E-state index contributed by atoms with van der Waals surface area (Å²) in [5.74, 6) is -4.99. The van der Waals surface area contributed by atoms with Crippen molar-refractivity contribution in [1.82, 2.24) is 0 Å². The van der Waals surface area contributed by atoms with E-state index in [1.54, 1.807) is 12.1 Å². The number of halogens is 3. The molecule has 0 aliphatic heterocycles. The van der Waals surface area contributed by atoms with Crippen LogP contribution in [0.3, 0.4) is 0 Å². The number of alkyl halides is 2. The summed E-state index contributed by atoms with van der Waals surface area (Å²) >= 11 is 3.16. The van der Waals surface area contributed by atoms with E-state index in [2.05, 4.69) is 20.7 Å². The van der Waals surface area contributed by atoms with E-state index >= 15 is 0 Å². The lowest BCUT2D eigenvalue weighted by Gasteiger charge is -2.13. The van der Waals surface area contributed by atoms with Crippen molar-refractivity contribution in [3.05, 3.63) is 34.3 Å². The number of esters is 1. The van der Waals surface area contributed by atoms with Gasteiger partial charge in [-0.05, 0) is 17.7 Å². The summed E-state index contributed by atoms with van der Waals surface area (Å²) in [7, 11) is 0.942. The molecule has 0 saturated heterocycles. The smallest absolute Gasteiger partial charge is 0.377 e. The Hall–Kier alpha value is -0.970. The number of ether oxygens (including phenoxy) is 1. The monoisotopic (exact) mass is 278 g/mol. The Labute approximate surface area is 94.4 Å². The molecule has 1 rings (SSSR count). The molecule has 0 atom stereocenters. The highest BCUT2D eigenvalue weighted by Crippen LogP contribution is 2.23. The van der Waals surface area contributed by atoms with Crippen LogP contribution in [0.1, 0.15) is 5.56 Å². The summed E-state index contributed by atoms with van der Waals surface area (Å²) in [6.45, 7) is 0. The fourth-order valence-corrected chi connectivity index (χ4v) is 1.57. The van der Waals surface area contributed by atoms with Gasteiger partial charge in [0.25, 0.3) is 0 Å². The number of carbonyl (C=O) groups excluding carboxylic acids is 1. The highest BCUT2D eigenvalue weighted by Gasteiger charge is 2.40. The molecule has 0 amide bonds. The third-order valence-corrected chi connectivity index (χ3v) is 2.29. The minimum absolute atomic E-state index is 0.375. The van der Waals surface area contributed by atoms with Gasteiger partial charge < -0.3 is 4.74 Å². The Morgan fingerprint density at radius 1 is 1.53 bits per heavy atom. The van der Waals surface area contributed by atoms with Crippen LogP contribution in [0.2, 0.25) is 0 Å². The van der Waals surface area contributed by atoms with Gasteiger partial charge in [-0.3, -0.25) is 0 Å². The molecule has 1 aromatic carbocycles. The first-order valence-electron chi connectivity index (χ1n) is 4.16. The van der Waals surface area contributed by atoms with E-state index in [0.717, 1.165) is 7.11 Å². The van der Waals surface area contributed by atoms with Gasteiger partial charge in [0.05, 0.1) is 7.11 Å². The molecular formula is C10H9BrF2O2. The molecule has 0 radical (unpaired) electrons. The van der Waals surface area contributed by atoms with Crippen LogP contribution in [-0.2, 0) is 16.0 Å². The highest BCUT2D eigenvalue weighted by molar-refractivity contribution is 9.10. The van der Waals surface area contributed by atoms with Crippen LogP contribution >= 0.6 is 15.9 Å². The number of hydrogen-bond acceptors (Lipinski definition) is 2. The average Bonchev–Trinajstić information content (AvgIpc) is 2.15. The second-order valence-corrected chi connectivity index (χ2v) is 3.92. The summed E-state index contributed by atoms with van der Waals surface area (Å²) in [5.41, 5.74) is 0.375. The zero-order chi connectivity index (χ0) is 11.5. The SMILES string of the molecule is COC(=O)C(F)(F)Cc1cccc(Br)c1. The lowest BCUT2D eigenvalue weighted by atomic mass is 10.1. The number of rotatable bonds is 3. The van der Waals surface area contributed by atoms with Crippen molar-refractivity contribution in [2.24, 2.45) is 0 Å². The van der Waals surface area contributed by atoms with Gasteiger partial charge in [0.1, 0.15) is 0 Å². The van der Waals surface area contributed by atoms with Crippen LogP contribution in [0.15, 0.2) is 28.7 Å². The maximum atomic E-state index is 13.1. The molecule has 82 valence electrons. The maximum Gasteiger partial charge on any atom is 0.377 e. The fourth-order valence-electron chi connectivity index (χ4n) is 1.12. The molecule has 0 aliphatic carbocycles. The van der Waals surface area contributed by atoms with Crippen molar-refractivity contribution in [2.75, 3.05) is 7.11 Å². The minimum atomic E-state index is -3.48. The van der Waals surface area contributed by atoms with Gasteiger partial charge in [0.2, 0.25) is 0 Å². The first kappa shape index (κ1) is 12.1. The second kappa shape index (κ2) is 4.70. The normalized spacial score (nSPS) is 11.2. The Bertz CT molecular complexity index is 366. The summed E-state index contributed by atoms with van der Waals surface area (Å²) in [6.07, 6.45) is -0.654. The highest BCUT2D eigenvalue weighted by atomic mass is 79.9. The van der Waals surface area contributed by atoms with Crippen LogP contribution in [0.25, 0.3) is 0 Å². The molecule has 0 aromatic heterocycles. The van der Waals surface area contributed by atoms with Crippen LogP contribution in [-0.4, -0.2) is 19.0 Å². The van der Waals surface area contributed by atoms with Crippen LogP contribution in [0, 0.1) is 0 Å². The van der Waals surface area contributed by atoms with E-state index in [-0.39, 0.29) is 0 Å². The van der Waals surface area contributed by atoms with Crippen molar-refractivity contribution in [1.29, 1.82) is 0 Å². The average molecular weight is 279 g/mol. The molecule has 0 heterocycles. The Morgan fingerprint density at radius 3 is 2.73 bits per heavy atom. The molecule has 0 N–H and O–H groups in total. The van der Waals surface area contributed by atoms with Gasteiger partial charge in [-0.25, -0.2) is 4.79 Å². The summed E-state index contributed by atoms with van der Waals surface area (Å²) in [6, 6.07) is 6.42. The third-order valence-electron chi connectivity index (χ3n) is 1.80. The molecule has 1 aromatic rings. The number of benzene rings is 1. The molecular weight excluding hydrogens is 270 g/mol. The summed E-state index contributed by atoms with van der Waals surface area (Å²) in [5, 5.41) is 0. The first-order chi connectivity index (χ1) is 6.95. The zero-order valence-corrected chi connectivity index (χ0v) is 9.55. The van der Waals surface area contributed by atoms with Crippen molar-refractivity contribution < 1.29 is 18.3 Å². The number of carbonyl (C=O) groups is 1. The van der Waals surface area contributed by atoms with E-state index in [0.29, 0.717) is 10.0 Å². The Morgan fingerprint density at radius 2 is 2.20 bits per heavy atom. The van der Waals surface area contributed by atoms with Gasteiger partial charge >= 0.3 is 11.9 Å². The van der Waals surface area contributed by atoms with Crippen molar-refractivity contribution in [3.63, 3.8) is 0 Å². The van der Waals surface area contributed by atoms with E-state index < -0.39 is 18.3 Å². The minimum Gasteiger partial charge on any atom is -0.465 e. The van der Waals surface area contributed by atoms with Crippen LogP contribution < -0.4 is 0 Å². The molecule has 5 heteroatoms. The number of methoxy groups -OCH3 is 1. The Balaban J connectivity index is 2.81. The van der Waals surface area contributed by atoms with Gasteiger partial charge in [-0.2, -0.15) is 8.78 Å². The number of hydrogen-bond donors (Lipinski definition) is 0.